The quantitative estimate of drug-likeness (QED) is 0.627. The highest BCUT2D eigenvalue weighted by Gasteiger charge is 2.21. The Morgan fingerprint density at radius 2 is 2.41 bits per heavy atom. The zero-order chi connectivity index (χ0) is 12.4. The van der Waals surface area contributed by atoms with E-state index in [-0.39, 0.29) is 5.84 Å². The summed E-state index contributed by atoms with van der Waals surface area (Å²) >= 11 is 6.26. The third-order valence-electron chi connectivity index (χ3n) is 3.12. The van der Waals surface area contributed by atoms with Crippen molar-refractivity contribution >= 4 is 23.3 Å². The van der Waals surface area contributed by atoms with Gasteiger partial charge in [0.1, 0.15) is 11.7 Å². The number of aromatic nitrogens is 1. The highest BCUT2D eigenvalue weighted by Crippen LogP contribution is 2.29. The van der Waals surface area contributed by atoms with Crippen LogP contribution in [0.15, 0.2) is 12.3 Å². The van der Waals surface area contributed by atoms with E-state index in [9.17, 15) is 0 Å². The lowest BCUT2D eigenvalue weighted by Crippen LogP contribution is -2.35. The highest BCUT2D eigenvalue weighted by atomic mass is 35.5. The van der Waals surface area contributed by atoms with E-state index in [0.29, 0.717) is 16.5 Å². The number of anilines is 1. The summed E-state index contributed by atoms with van der Waals surface area (Å²) < 4.78 is 0. The van der Waals surface area contributed by atoms with Crippen LogP contribution in [0.25, 0.3) is 0 Å². The van der Waals surface area contributed by atoms with E-state index in [1.54, 1.807) is 12.3 Å². The SMILES string of the molecule is CC1CCCN(c2nccc(C(=N)N)c2Cl)C1. The predicted octanol–water partition coefficient (Wildman–Crippen LogP) is 2.26. The molecule has 1 aliphatic rings. The Labute approximate surface area is 106 Å². The molecule has 0 radical (unpaired) electrons. The highest BCUT2D eigenvalue weighted by molar-refractivity contribution is 6.36. The lowest BCUT2D eigenvalue weighted by atomic mass is 10.0. The average Bonchev–Trinajstić information content (AvgIpc) is 2.29. The van der Waals surface area contributed by atoms with Gasteiger partial charge in [-0.3, -0.25) is 5.41 Å². The van der Waals surface area contributed by atoms with Gasteiger partial charge in [-0.15, -0.1) is 0 Å². The fourth-order valence-electron chi connectivity index (χ4n) is 2.24. The van der Waals surface area contributed by atoms with Gasteiger partial charge >= 0.3 is 0 Å². The Hall–Kier alpha value is -1.29. The summed E-state index contributed by atoms with van der Waals surface area (Å²) in [6.07, 6.45) is 4.07. The average molecular weight is 253 g/mol. The molecule has 5 heteroatoms. The third-order valence-corrected chi connectivity index (χ3v) is 3.49. The fourth-order valence-corrected chi connectivity index (χ4v) is 2.58. The molecule has 92 valence electrons. The summed E-state index contributed by atoms with van der Waals surface area (Å²) in [7, 11) is 0. The zero-order valence-electron chi connectivity index (χ0n) is 9.91. The molecule has 17 heavy (non-hydrogen) atoms. The van der Waals surface area contributed by atoms with Gasteiger partial charge in [-0.05, 0) is 24.8 Å². The first kappa shape index (κ1) is 12.2. The summed E-state index contributed by atoms with van der Waals surface area (Å²) in [4.78, 5) is 6.50. The van der Waals surface area contributed by atoms with Gasteiger partial charge < -0.3 is 10.6 Å². The maximum atomic E-state index is 7.47. The van der Waals surface area contributed by atoms with E-state index in [1.807, 2.05) is 0 Å². The second-order valence-corrected chi connectivity index (χ2v) is 4.98. The van der Waals surface area contributed by atoms with Crippen LogP contribution >= 0.6 is 11.6 Å². The molecule has 1 aromatic heterocycles. The van der Waals surface area contributed by atoms with Crippen LogP contribution < -0.4 is 10.6 Å². The van der Waals surface area contributed by atoms with Gasteiger partial charge in [0.15, 0.2) is 0 Å². The normalized spacial score (nSPS) is 20.4. The minimum Gasteiger partial charge on any atom is -0.384 e. The van der Waals surface area contributed by atoms with Gasteiger partial charge in [-0.1, -0.05) is 18.5 Å². The zero-order valence-corrected chi connectivity index (χ0v) is 10.7. The van der Waals surface area contributed by atoms with Gasteiger partial charge in [-0.2, -0.15) is 0 Å². The Morgan fingerprint density at radius 3 is 3.06 bits per heavy atom. The molecule has 0 amide bonds. The smallest absolute Gasteiger partial charge is 0.148 e. The molecule has 1 saturated heterocycles. The molecule has 1 atom stereocenters. The van der Waals surface area contributed by atoms with Crippen molar-refractivity contribution in [1.82, 2.24) is 4.98 Å². The summed E-state index contributed by atoms with van der Waals surface area (Å²) in [5.74, 6) is 1.40. The second-order valence-electron chi connectivity index (χ2n) is 4.60. The molecule has 0 bridgehead atoms. The van der Waals surface area contributed by atoms with Crippen molar-refractivity contribution in [3.8, 4) is 0 Å². The predicted molar refractivity (Wildman–Crippen MR) is 70.9 cm³/mol. The van der Waals surface area contributed by atoms with Crippen LogP contribution in [-0.2, 0) is 0 Å². The van der Waals surface area contributed by atoms with E-state index in [4.69, 9.17) is 22.7 Å². The maximum absolute atomic E-state index is 7.47. The van der Waals surface area contributed by atoms with Gasteiger partial charge in [-0.25, -0.2) is 4.98 Å². The second kappa shape index (κ2) is 4.92. The number of nitrogens with two attached hydrogens (primary N) is 1. The molecule has 1 aliphatic heterocycles. The topological polar surface area (TPSA) is 66.0 Å². The molecule has 1 fully saturated rings. The van der Waals surface area contributed by atoms with E-state index in [2.05, 4.69) is 16.8 Å². The number of nitrogen functional groups attached to an aromatic ring is 1. The maximum Gasteiger partial charge on any atom is 0.148 e. The standard InChI is InChI=1S/C12H17ClN4/c1-8-3-2-6-17(7-8)12-10(13)9(11(14)15)4-5-16-12/h4-5,8H,2-3,6-7H2,1H3,(H3,14,15). The first-order valence-corrected chi connectivity index (χ1v) is 6.21. The third kappa shape index (κ3) is 2.52. The van der Waals surface area contributed by atoms with Crippen molar-refractivity contribution in [3.05, 3.63) is 22.8 Å². The summed E-state index contributed by atoms with van der Waals surface area (Å²) in [6, 6.07) is 1.68. The van der Waals surface area contributed by atoms with Crippen LogP contribution in [-0.4, -0.2) is 23.9 Å². The molecular formula is C12H17ClN4. The minimum atomic E-state index is -0.0105. The number of nitrogens with one attached hydrogen (secondary N) is 1. The van der Waals surface area contributed by atoms with Crippen molar-refractivity contribution in [2.75, 3.05) is 18.0 Å². The van der Waals surface area contributed by atoms with Crippen molar-refractivity contribution in [2.24, 2.45) is 11.7 Å². The van der Waals surface area contributed by atoms with Crippen molar-refractivity contribution < 1.29 is 0 Å². The molecule has 1 aromatic rings. The Morgan fingerprint density at radius 1 is 1.65 bits per heavy atom. The number of amidine groups is 1. The first-order chi connectivity index (χ1) is 8.09. The van der Waals surface area contributed by atoms with Gasteiger partial charge in [0.25, 0.3) is 0 Å². The monoisotopic (exact) mass is 252 g/mol. The van der Waals surface area contributed by atoms with Crippen LogP contribution in [0.1, 0.15) is 25.3 Å². The van der Waals surface area contributed by atoms with Crippen LogP contribution in [0.4, 0.5) is 5.82 Å². The molecule has 2 rings (SSSR count). The fraction of sp³-hybridized carbons (Fsp3) is 0.500. The molecule has 0 saturated carbocycles. The van der Waals surface area contributed by atoms with Gasteiger partial charge in [0.05, 0.1) is 5.02 Å². The first-order valence-electron chi connectivity index (χ1n) is 5.83. The van der Waals surface area contributed by atoms with Crippen molar-refractivity contribution in [2.45, 2.75) is 19.8 Å². The lowest BCUT2D eigenvalue weighted by Gasteiger charge is -2.32. The van der Waals surface area contributed by atoms with E-state index < -0.39 is 0 Å². The number of hydrogen-bond donors (Lipinski definition) is 2. The van der Waals surface area contributed by atoms with Gasteiger partial charge in [0, 0.05) is 24.8 Å². The number of piperidine rings is 1. The number of rotatable bonds is 2. The summed E-state index contributed by atoms with van der Waals surface area (Å²) in [5.41, 5.74) is 6.06. The van der Waals surface area contributed by atoms with E-state index in [1.165, 1.54) is 6.42 Å². The molecule has 3 N–H and O–H groups in total. The molecule has 0 spiro atoms. The van der Waals surface area contributed by atoms with E-state index >= 15 is 0 Å². The Balaban J connectivity index is 2.32. The molecular weight excluding hydrogens is 236 g/mol. The molecule has 1 unspecified atom stereocenters. The number of hydrogen-bond acceptors (Lipinski definition) is 3. The summed E-state index contributed by atoms with van der Waals surface area (Å²) in [6.45, 7) is 4.17. The Kier molecular flexibility index (Phi) is 3.52. The molecule has 0 aromatic carbocycles. The Bertz CT molecular complexity index is 433. The molecule has 4 nitrogen and oxygen atoms in total. The van der Waals surface area contributed by atoms with Crippen LogP contribution in [0, 0.1) is 11.3 Å². The van der Waals surface area contributed by atoms with Gasteiger partial charge in [0.2, 0.25) is 0 Å². The largest absolute Gasteiger partial charge is 0.384 e. The molecule has 2 heterocycles. The van der Waals surface area contributed by atoms with Crippen LogP contribution in [0.3, 0.4) is 0 Å². The number of halogens is 1. The number of nitrogens with zero attached hydrogens (tertiary/aromatic N) is 2. The van der Waals surface area contributed by atoms with Crippen LogP contribution in [0.2, 0.25) is 5.02 Å². The van der Waals surface area contributed by atoms with Crippen LogP contribution in [0.5, 0.6) is 0 Å². The van der Waals surface area contributed by atoms with Crippen molar-refractivity contribution in [3.63, 3.8) is 0 Å². The summed E-state index contributed by atoms with van der Waals surface area (Å²) in [5, 5.41) is 7.97. The minimum absolute atomic E-state index is 0.0105. The van der Waals surface area contributed by atoms with E-state index in [0.717, 1.165) is 25.3 Å². The lowest BCUT2D eigenvalue weighted by molar-refractivity contribution is 0.444. The number of pyridine rings is 1. The van der Waals surface area contributed by atoms with Crippen molar-refractivity contribution in [1.29, 1.82) is 5.41 Å². The molecule has 0 aliphatic carbocycles.